The quantitative estimate of drug-likeness (QED) is 0.876. The third-order valence-corrected chi connectivity index (χ3v) is 2.67. The summed E-state index contributed by atoms with van der Waals surface area (Å²) in [6, 6.07) is 10.8. The van der Waals surface area contributed by atoms with Gasteiger partial charge in [0.1, 0.15) is 0 Å². The standard InChI is InChI=1S/C13H13BrN2O2/c1-2-17-12-4-3-5-13(16-12)18-11-7-6-9(14)8-10(11)15/h3-8H,2,15H2,1H3. The molecule has 0 amide bonds. The summed E-state index contributed by atoms with van der Waals surface area (Å²) in [5.74, 6) is 1.56. The van der Waals surface area contributed by atoms with Gasteiger partial charge in [0.15, 0.2) is 5.75 Å². The fourth-order valence-corrected chi connectivity index (χ4v) is 1.78. The van der Waals surface area contributed by atoms with Crippen molar-refractivity contribution < 1.29 is 9.47 Å². The molecule has 4 nitrogen and oxygen atoms in total. The van der Waals surface area contributed by atoms with Gasteiger partial charge in [-0.1, -0.05) is 22.0 Å². The molecule has 1 aromatic carbocycles. The van der Waals surface area contributed by atoms with Crippen LogP contribution in [0.1, 0.15) is 6.92 Å². The molecule has 2 rings (SSSR count). The van der Waals surface area contributed by atoms with E-state index in [2.05, 4.69) is 20.9 Å². The number of aromatic nitrogens is 1. The van der Waals surface area contributed by atoms with Crippen LogP contribution in [0.5, 0.6) is 17.5 Å². The highest BCUT2D eigenvalue weighted by Crippen LogP contribution is 2.29. The molecule has 0 aliphatic heterocycles. The highest BCUT2D eigenvalue weighted by molar-refractivity contribution is 9.10. The molecule has 0 saturated carbocycles. The average Bonchev–Trinajstić information content (AvgIpc) is 2.34. The molecule has 0 aliphatic carbocycles. The van der Waals surface area contributed by atoms with Crippen molar-refractivity contribution in [1.29, 1.82) is 0 Å². The van der Waals surface area contributed by atoms with E-state index in [9.17, 15) is 0 Å². The predicted molar refractivity (Wildman–Crippen MR) is 74.0 cm³/mol. The monoisotopic (exact) mass is 308 g/mol. The number of nitrogens with zero attached hydrogens (tertiary/aromatic N) is 1. The van der Waals surface area contributed by atoms with Crippen molar-refractivity contribution in [3.05, 3.63) is 40.9 Å². The number of hydrogen-bond acceptors (Lipinski definition) is 4. The molecule has 0 bridgehead atoms. The number of pyridine rings is 1. The van der Waals surface area contributed by atoms with Crippen LogP contribution < -0.4 is 15.2 Å². The van der Waals surface area contributed by atoms with Gasteiger partial charge in [0.2, 0.25) is 11.8 Å². The number of hydrogen-bond donors (Lipinski definition) is 1. The van der Waals surface area contributed by atoms with Crippen LogP contribution in [0.15, 0.2) is 40.9 Å². The molecule has 1 heterocycles. The van der Waals surface area contributed by atoms with Gasteiger partial charge in [-0.3, -0.25) is 0 Å². The zero-order chi connectivity index (χ0) is 13.0. The van der Waals surface area contributed by atoms with E-state index < -0.39 is 0 Å². The molecule has 18 heavy (non-hydrogen) atoms. The van der Waals surface area contributed by atoms with Gasteiger partial charge in [-0.05, 0) is 25.1 Å². The number of nitrogens with two attached hydrogens (primary N) is 1. The lowest BCUT2D eigenvalue weighted by molar-refractivity contribution is 0.321. The molecular formula is C13H13BrN2O2. The van der Waals surface area contributed by atoms with Gasteiger partial charge in [0, 0.05) is 16.6 Å². The van der Waals surface area contributed by atoms with Gasteiger partial charge >= 0.3 is 0 Å². The third kappa shape index (κ3) is 3.13. The van der Waals surface area contributed by atoms with E-state index in [1.165, 1.54) is 0 Å². The molecule has 0 atom stereocenters. The molecular weight excluding hydrogens is 296 g/mol. The lowest BCUT2D eigenvalue weighted by Crippen LogP contribution is -1.97. The van der Waals surface area contributed by atoms with Crippen LogP contribution in [-0.2, 0) is 0 Å². The molecule has 2 N–H and O–H groups in total. The second kappa shape index (κ2) is 5.73. The minimum absolute atomic E-state index is 0.454. The number of rotatable bonds is 4. The van der Waals surface area contributed by atoms with E-state index in [0.29, 0.717) is 29.8 Å². The fourth-order valence-electron chi connectivity index (χ4n) is 1.41. The molecule has 0 aliphatic rings. The Morgan fingerprint density at radius 3 is 2.72 bits per heavy atom. The normalized spacial score (nSPS) is 10.1. The minimum Gasteiger partial charge on any atom is -0.478 e. The van der Waals surface area contributed by atoms with Crippen molar-refractivity contribution in [2.75, 3.05) is 12.3 Å². The first-order chi connectivity index (χ1) is 8.69. The molecule has 0 saturated heterocycles. The smallest absolute Gasteiger partial charge is 0.222 e. The van der Waals surface area contributed by atoms with Crippen molar-refractivity contribution in [2.45, 2.75) is 6.92 Å². The topological polar surface area (TPSA) is 57.4 Å². The Morgan fingerprint density at radius 1 is 1.22 bits per heavy atom. The Balaban J connectivity index is 2.20. The van der Waals surface area contributed by atoms with Gasteiger partial charge in [-0.2, -0.15) is 4.98 Å². The molecule has 0 radical (unpaired) electrons. The minimum atomic E-state index is 0.454. The van der Waals surface area contributed by atoms with Crippen LogP contribution >= 0.6 is 15.9 Å². The van der Waals surface area contributed by atoms with E-state index in [-0.39, 0.29) is 0 Å². The molecule has 0 spiro atoms. The van der Waals surface area contributed by atoms with Gasteiger partial charge < -0.3 is 15.2 Å². The summed E-state index contributed by atoms with van der Waals surface area (Å²) in [4.78, 5) is 4.21. The van der Waals surface area contributed by atoms with E-state index in [0.717, 1.165) is 4.47 Å². The molecule has 0 fully saturated rings. The van der Waals surface area contributed by atoms with Crippen LogP contribution in [-0.4, -0.2) is 11.6 Å². The van der Waals surface area contributed by atoms with Crippen molar-refractivity contribution in [3.8, 4) is 17.5 Å². The maximum atomic E-state index is 5.85. The third-order valence-electron chi connectivity index (χ3n) is 2.18. The maximum Gasteiger partial charge on any atom is 0.222 e. The van der Waals surface area contributed by atoms with Gasteiger partial charge in [0.05, 0.1) is 12.3 Å². The first kappa shape index (κ1) is 12.7. The Hall–Kier alpha value is -1.75. The highest BCUT2D eigenvalue weighted by Gasteiger charge is 2.05. The van der Waals surface area contributed by atoms with Gasteiger partial charge in [0.25, 0.3) is 0 Å². The first-order valence-corrected chi connectivity index (χ1v) is 6.31. The van der Waals surface area contributed by atoms with Gasteiger partial charge in [-0.25, -0.2) is 0 Å². The van der Waals surface area contributed by atoms with Crippen molar-refractivity contribution in [2.24, 2.45) is 0 Å². The number of nitrogen functional groups attached to an aromatic ring is 1. The second-order valence-electron chi connectivity index (χ2n) is 3.53. The lowest BCUT2D eigenvalue weighted by Gasteiger charge is -2.09. The van der Waals surface area contributed by atoms with E-state index >= 15 is 0 Å². The van der Waals surface area contributed by atoms with E-state index in [1.54, 1.807) is 24.3 Å². The van der Waals surface area contributed by atoms with Crippen LogP contribution in [0.4, 0.5) is 5.69 Å². The van der Waals surface area contributed by atoms with Crippen LogP contribution in [0.25, 0.3) is 0 Å². The summed E-state index contributed by atoms with van der Waals surface area (Å²) in [5.41, 5.74) is 6.40. The Kier molecular flexibility index (Phi) is 4.04. The van der Waals surface area contributed by atoms with Crippen molar-refractivity contribution in [1.82, 2.24) is 4.98 Å². The molecule has 94 valence electrons. The van der Waals surface area contributed by atoms with Crippen molar-refractivity contribution in [3.63, 3.8) is 0 Å². The lowest BCUT2D eigenvalue weighted by atomic mass is 10.3. The predicted octanol–water partition coefficient (Wildman–Crippen LogP) is 3.62. The summed E-state index contributed by atoms with van der Waals surface area (Å²) in [6.07, 6.45) is 0. The summed E-state index contributed by atoms with van der Waals surface area (Å²) >= 11 is 3.34. The highest BCUT2D eigenvalue weighted by atomic mass is 79.9. The average molecular weight is 309 g/mol. The summed E-state index contributed by atoms with van der Waals surface area (Å²) in [5, 5.41) is 0. The summed E-state index contributed by atoms with van der Waals surface area (Å²) < 4.78 is 11.8. The second-order valence-corrected chi connectivity index (χ2v) is 4.45. The van der Waals surface area contributed by atoms with Crippen LogP contribution in [0, 0.1) is 0 Å². The Bertz CT molecular complexity index is 546. The number of anilines is 1. The molecule has 2 aromatic rings. The molecule has 1 aromatic heterocycles. The Morgan fingerprint density at radius 2 is 2.00 bits per heavy atom. The Labute approximate surface area is 114 Å². The van der Waals surface area contributed by atoms with Crippen LogP contribution in [0.3, 0.4) is 0 Å². The zero-order valence-electron chi connectivity index (χ0n) is 9.89. The largest absolute Gasteiger partial charge is 0.478 e. The summed E-state index contributed by atoms with van der Waals surface area (Å²) in [6.45, 7) is 2.47. The van der Waals surface area contributed by atoms with E-state index in [4.69, 9.17) is 15.2 Å². The number of benzene rings is 1. The SMILES string of the molecule is CCOc1cccc(Oc2ccc(Br)cc2N)n1. The molecule has 5 heteroatoms. The van der Waals surface area contributed by atoms with Crippen LogP contribution in [0.2, 0.25) is 0 Å². The number of ether oxygens (including phenoxy) is 2. The van der Waals surface area contributed by atoms with Gasteiger partial charge in [-0.15, -0.1) is 0 Å². The summed E-state index contributed by atoms with van der Waals surface area (Å²) in [7, 11) is 0. The first-order valence-electron chi connectivity index (χ1n) is 5.52. The fraction of sp³-hybridized carbons (Fsp3) is 0.154. The maximum absolute atomic E-state index is 5.85. The number of halogens is 1. The van der Waals surface area contributed by atoms with E-state index in [1.807, 2.05) is 19.1 Å². The van der Waals surface area contributed by atoms with Crippen molar-refractivity contribution >= 4 is 21.6 Å². The molecule has 0 unspecified atom stereocenters. The zero-order valence-corrected chi connectivity index (χ0v) is 11.5.